The van der Waals surface area contributed by atoms with Gasteiger partial charge in [0.05, 0.1) is 44.5 Å². The van der Waals surface area contributed by atoms with Gasteiger partial charge in [0.15, 0.2) is 0 Å². The molecule has 4 heteroatoms. The van der Waals surface area contributed by atoms with Crippen molar-refractivity contribution in [3.8, 4) is 45.0 Å². The van der Waals surface area contributed by atoms with E-state index in [4.69, 9.17) is 9.97 Å². The first-order chi connectivity index (χ1) is 28.8. The fourth-order valence-electron chi connectivity index (χ4n) is 9.04. The molecular formula is C54H34N4. The number of benzene rings is 9. The van der Waals surface area contributed by atoms with Crippen LogP contribution in [0.2, 0.25) is 0 Å². The van der Waals surface area contributed by atoms with Crippen molar-refractivity contribution in [2.75, 3.05) is 0 Å². The molecule has 270 valence electrons. The highest BCUT2D eigenvalue weighted by Crippen LogP contribution is 2.42. The summed E-state index contributed by atoms with van der Waals surface area (Å²) in [5, 5.41) is 7.44. The molecule has 58 heavy (non-hydrogen) atoms. The van der Waals surface area contributed by atoms with Gasteiger partial charge in [0.25, 0.3) is 0 Å². The second-order valence-corrected chi connectivity index (χ2v) is 15.0. The van der Waals surface area contributed by atoms with Gasteiger partial charge in [0, 0.05) is 44.0 Å². The van der Waals surface area contributed by atoms with Crippen LogP contribution in [0.1, 0.15) is 0 Å². The van der Waals surface area contributed by atoms with Gasteiger partial charge in [0.1, 0.15) is 0 Å². The van der Waals surface area contributed by atoms with E-state index in [2.05, 4.69) is 209 Å². The first-order valence-corrected chi connectivity index (χ1v) is 19.7. The Morgan fingerprint density at radius 3 is 1.74 bits per heavy atom. The number of hydrogen-bond acceptors (Lipinski definition) is 2. The van der Waals surface area contributed by atoms with Crippen LogP contribution < -0.4 is 0 Å². The van der Waals surface area contributed by atoms with Crippen LogP contribution in [0, 0.1) is 0 Å². The average Bonchev–Trinajstić information content (AvgIpc) is 3.80. The summed E-state index contributed by atoms with van der Waals surface area (Å²) in [7, 11) is 0. The van der Waals surface area contributed by atoms with Gasteiger partial charge in [-0.15, -0.1) is 0 Å². The largest absolute Gasteiger partial charge is 0.309 e. The maximum atomic E-state index is 5.47. The number of para-hydroxylation sites is 2. The minimum Gasteiger partial charge on any atom is -0.309 e. The summed E-state index contributed by atoms with van der Waals surface area (Å²) in [6.45, 7) is 0. The van der Waals surface area contributed by atoms with E-state index in [1.165, 1.54) is 48.9 Å². The molecule has 0 radical (unpaired) electrons. The highest BCUT2D eigenvalue weighted by molar-refractivity contribution is 6.25. The molecule has 0 bridgehead atoms. The quantitative estimate of drug-likeness (QED) is 0.176. The third kappa shape index (κ3) is 5.02. The Labute approximate surface area is 334 Å². The average molecular weight is 739 g/mol. The van der Waals surface area contributed by atoms with Crippen molar-refractivity contribution in [1.82, 2.24) is 19.1 Å². The molecule has 0 aliphatic rings. The smallest absolute Gasteiger partial charge is 0.0973 e. The maximum Gasteiger partial charge on any atom is 0.0973 e. The monoisotopic (exact) mass is 738 g/mol. The van der Waals surface area contributed by atoms with Gasteiger partial charge < -0.3 is 9.13 Å². The number of nitrogens with zero attached hydrogens (tertiary/aromatic N) is 4. The second kappa shape index (κ2) is 12.9. The number of fused-ring (bicyclic) bond motifs is 9. The molecule has 0 saturated heterocycles. The summed E-state index contributed by atoms with van der Waals surface area (Å²) in [5.74, 6) is 0. The molecule has 9 aromatic carbocycles. The molecule has 12 aromatic rings. The van der Waals surface area contributed by atoms with Crippen LogP contribution >= 0.6 is 0 Å². The van der Waals surface area contributed by atoms with E-state index in [9.17, 15) is 0 Å². The van der Waals surface area contributed by atoms with E-state index in [1.807, 2.05) is 6.07 Å². The molecule has 0 fully saturated rings. The molecule has 3 aromatic heterocycles. The molecule has 0 spiro atoms. The van der Waals surface area contributed by atoms with Gasteiger partial charge >= 0.3 is 0 Å². The topological polar surface area (TPSA) is 35.6 Å². The molecule has 0 N–H and O–H groups in total. The van der Waals surface area contributed by atoms with Crippen molar-refractivity contribution < 1.29 is 0 Å². The molecule has 0 unspecified atom stereocenters. The lowest BCUT2D eigenvalue weighted by Gasteiger charge is -2.14. The molecule has 12 rings (SSSR count). The normalized spacial score (nSPS) is 11.8. The zero-order chi connectivity index (χ0) is 38.2. The molecule has 0 aliphatic heterocycles. The minimum absolute atomic E-state index is 0.842. The Hall–Kier alpha value is -7.82. The maximum absolute atomic E-state index is 5.47. The Morgan fingerprint density at radius 1 is 0.293 bits per heavy atom. The van der Waals surface area contributed by atoms with Crippen molar-refractivity contribution in [2.24, 2.45) is 0 Å². The predicted molar refractivity (Wildman–Crippen MR) is 242 cm³/mol. The number of aromatic nitrogens is 4. The predicted octanol–water partition coefficient (Wildman–Crippen LogP) is 14.0. The molecule has 0 saturated carbocycles. The van der Waals surface area contributed by atoms with Crippen LogP contribution in [-0.4, -0.2) is 19.1 Å². The molecule has 4 nitrogen and oxygen atoms in total. The van der Waals surface area contributed by atoms with Gasteiger partial charge in [-0.3, -0.25) is 0 Å². The van der Waals surface area contributed by atoms with Crippen LogP contribution in [0.3, 0.4) is 0 Å². The Bertz CT molecular complexity index is 3550. The van der Waals surface area contributed by atoms with Gasteiger partial charge in [-0.1, -0.05) is 146 Å². The lowest BCUT2D eigenvalue weighted by Crippen LogP contribution is -1.99. The summed E-state index contributed by atoms with van der Waals surface area (Å²) in [6.07, 6.45) is 0. The van der Waals surface area contributed by atoms with Crippen molar-refractivity contribution in [3.05, 3.63) is 206 Å². The van der Waals surface area contributed by atoms with Crippen molar-refractivity contribution in [3.63, 3.8) is 0 Å². The molecule has 0 atom stereocenters. The standard InChI is InChI=1S/C54H34N4/c1-4-15-35(16-5-1)38-20-14-21-39(31-38)54-53(37-18-6-2-7-19-37)55-46-29-28-41(32-47(46)56-54)58-48-26-13-12-25-43(48)44-33-45-51(34-50(44)58)57(40-22-8-3-9-23-40)49-30-27-36-17-10-11-24-42(36)52(45)49/h1-34H. The van der Waals surface area contributed by atoms with E-state index >= 15 is 0 Å². The third-order valence-corrected chi connectivity index (χ3v) is 11.7. The lowest BCUT2D eigenvalue weighted by atomic mass is 9.99. The Balaban J connectivity index is 1.12. The van der Waals surface area contributed by atoms with Crippen molar-refractivity contribution in [1.29, 1.82) is 0 Å². The lowest BCUT2D eigenvalue weighted by molar-refractivity contribution is 1.16. The van der Waals surface area contributed by atoms with Gasteiger partial charge in [-0.05, 0) is 82.6 Å². The van der Waals surface area contributed by atoms with E-state index in [1.54, 1.807) is 0 Å². The molecular weight excluding hydrogens is 705 g/mol. The number of hydrogen-bond donors (Lipinski definition) is 0. The second-order valence-electron chi connectivity index (χ2n) is 15.0. The minimum atomic E-state index is 0.842. The van der Waals surface area contributed by atoms with E-state index in [-0.39, 0.29) is 0 Å². The molecule has 0 aliphatic carbocycles. The number of rotatable bonds is 5. The van der Waals surface area contributed by atoms with E-state index in [0.717, 1.165) is 61.5 Å². The van der Waals surface area contributed by atoms with Crippen LogP contribution in [0.15, 0.2) is 206 Å². The van der Waals surface area contributed by atoms with E-state index in [0.29, 0.717) is 0 Å². The zero-order valence-corrected chi connectivity index (χ0v) is 31.4. The van der Waals surface area contributed by atoms with Crippen molar-refractivity contribution in [2.45, 2.75) is 0 Å². The zero-order valence-electron chi connectivity index (χ0n) is 31.4. The third-order valence-electron chi connectivity index (χ3n) is 11.7. The summed E-state index contributed by atoms with van der Waals surface area (Å²) >= 11 is 0. The fraction of sp³-hybridized carbons (Fsp3) is 0. The van der Waals surface area contributed by atoms with Crippen molar-refractivity contribution >= 4 is 65.4 Å². The summed E-state index contributed by atoms with van der Waals surface area (Å²) in [5.41, 5.74) is 14.6. The summed E-state index contributed by atoms with van der Waals surface area (Å²) < 4.78 is 4.82. The fourth-order valence-corrected chi connectivity index (χ4v) is 9.04. The van der Waals surface area contributed by atoms with E-state index < -0.39 is 0 Å². The first-order valence-electron chi connectivity index (χ1n) is 19.7. The van der Waals surface area contributed by atoms with Gasteiger partial charge in [-0.2, -0.15) is 0 Å². The SMILES string of the molecule is c1ccc(-c2cccc(-c3nc4cc(-n5c6ccccc6c6cc7c8c9ccccc9ccc8n(-c8ccccc8)c7cc65)ccc4nc3-c3ccccc3)c2)cc1. The summed E-state index contributed by atoms with van der Waals surface area (Å²) in [4.78, 5) is 10.8. The highest BCUT2D eigenvalue weighted by Gasteiger charge is 2.21. The van der Waals surface area contributed by atoms with Gasteiger partial charge in [0.2, 0.25) is 0 Å². The van der Waals surface area contributed by atoms with Crippen LogP contribution in [0.4, 0.5) is 0 Å². The van der Waals surface area contributed by atoms with Crippen LogP contribution in [0.25, 0.3) is 110 Å². The van der Waals surface area contributed by atoms with Crippen LogP contribution in [-0.2, 0) is 0 Å². The van der Waals surface area contributed by atoms with Crippen LogP contribution in [0.5, 0.6) is 0 Å². The molecule has 0 amide bonds. The Morgan fingerprint density at radius 2 is 0.914 bits per heavy atom. The van der Waals surface area contributed by atoms with Gasteiger partial charge in [-0.25, -0.2) is 9.97 Å². The Kier molecular flexibility index (Phi) is 7.20. The first kappa shape index (κ1) is 32.4. The summed E-state index contributed by atoms with van der Waals surface area (Å²) in [6, 6.07) is 73.6. The molecule has 3 heterocycles. The highest BCUT2D eigenvalue weighted by atomic mass is 15.0.